The molecule has 100 valence electrons. The van der Waals surface area contributed by atoms with Crippen molar-refractivity contribution in [3.8, 4) is 0 Å². The number of nitrogens with two attached hydrogens (primary N) is 1. The van der Waals surface area contributed by atoms with Gasteiger partial charge in [0.25, 0.3) is 0 Å². The van der Waals surface area contributed by atoms with E-state index in [-0.39, 0.29) is 0 Å². The highest BCUT2D eigenvalue weighted by atomic mass is 19.4. The van der Waals surface area contributed by atoms with Gasteiger partial charge in [0, 0.05) is 0 Å². The summed E-state index contributed by atoms with van der Waals surface area (Å²) in [6, 6.07) is 14.3. The monoisotopic (exact) mass is 266 g/mol. The van der Waals surface area contributed by atoms with Crippen molar-refractivity contribution in [3.05, 3.63) is 65.7 Å². The van der Waals surface area contributed by atoms with Crippen LogP contribution in [-0.2, 0) is 12.7 Å². The number of hydrogen-bond donors (Lipinski definition) is 1. The molecule has 0 aliphatic heterocycles. The second-order valence-corrected chi connectivity index (χ2v) is 4.16. The molecule has 0 heterocycles. The molecule has 0 aromatic heterocycles. The van der Waals surface area contributed by atoms with Crippen molar-refractivity contribution >= 4 is 5.69 Å². The van der Waals surface area contributed by atoms with Crippen molar-refractivity contribution in [2.45, 2.75) is 12.7 Å². The van der Waals surface area contributed by atoms with Crippen LogP contribution in [-0.4, -0.2) is 0 Å². The summed E-state index contributed by atoms with van der Waals surface area (Å²) >= 11 is 0. The first kappa shape index (κ1) is 13.4. The van der Waals surface area contributed by atoms with E-state index < -0.39 is 11.7 Å². The van der Waals surface area contributed by atoms with Gasteiger partial charge in [-0.3, -0.25) is 0 Å². The van der Waals surface area contributed by atoms with Crippen LogP contribution >= 0.6 is 0 Å². The van der Waals surface area contributed by atoms with Gasteiger partial charge in [-0.15, -0.1) is 0 Å². The molecule has 2 aromatic carbocycles. The Morgan fingerprint density at radius 1 is 0.947 bits per heavy atom. The Hall–Kier alpha value is -2.01. The quantitative estimate of drug-likeness (QED) is 0.679. The van der Waals surface area contributed by atoms with Gasteiger partial charge in [0.2, 0.25) is 0 Å². The average molecular weight is 266 g/mol. The van der Waals surface area contributed by atoms with E-state index in [0.717, 1.165) is 17.7 Å². The van der Waals surface area contributed by atoms with Crippen molar-refractivity contribution in [2.75, 3.05) is 5.01 Å². The van der Waals surface area contributed by atoms with Crippen LogP contribution in [0, 0.1) is 0 Å². The minimum Gasteiger partial charge on any atom is -0.307 e. The summed E-state index contributed by atoms with van der Waals surface area (Å²) in [6.45, 7) is 0.349. The van der Waals surface area contributed by atoms with Crippen molar-refractivity contribution in [1.29, 1.82) is 0 Å². The molecule has 19 heavy (non-hydrogen) atoms. The van der Waals surface area contributed by atoms with Gasteiger partial charge in [-0.05, 0) is 23.8 Å². The molecule has 0 radical (unpaired) electrons. The van der Waals surface area contributed by atoms with Gasteiger partial charge in [-0.1, -0.05) is 36.4 Å². The van der Waals surface area contributed by atoms with Crippen LogP contribution in [0.5, 0.6) is 0 Å². The summed E-state index contributed by atoms with van der Waals surface area (Å²) in [7, 11) is 0. The summed E-state index contributed by atoms with van der Waals surface area (Å²) in [5.41, 5.74) is 0.564. The molecule has 0 atom stereocenters. The van der Waals surface area contributed by atoms with Crippen LogP contribution in [0.15, 0.2) is 54.6 Å². The molecule has 0 spiro atoms. The van der Waals surface area contributed by atoms with Crippen LogP contribution in [0.2, 0.25) is 0 Å². The Kier molecular flexibility index (Phi) is 3.76. The summed E-state index contributed by atoms with van der Waals surface area (Å²) in [4.78, 5) is 0. The molecule has 0 saturated carbocycles. The molecule has 5 heteroatoms. The Morgan fingerprint density at radius 2 is 1.63 bits per heavy atom. The second-order valence-electron chi connectivity index (χ2n) is 4.16. The van der Waals surface area contributed by atoms with E-state index in [1.165, 1.54) is 11.1 Å². The normalized spacial score (nSPS) is 11.4. The van der Waals surface area contributed by atoms with Gasteiger partial charge in [-0.2, -0.15) is 13.2 Å². The highest BCUT2D eigenvalue weighted by Crippen LogP contribution is 2.31. The number of alkyl halides is 3. The molecule has 0 bridgehead atoms. The fraction of sp³-hybridized carbons (Fsp3) is 0.143. The van der Waals surface area contributed by atoms with Crippen LogP contribution in [0.4, 0.5) is 18.9 Å². The lowest BCUT2D eigenvalue weighted by atomic mass is 10.1. The Balaban J connectivity index is 2.18. The molecule has 0 unspecified atom stereocenters. The number of hydrogen-bond acceptors (Lipinski definition) is 2. The Labute approximate surface area is 109 Å². The van der Waals surface area contributed by atoms with Crippen molar-refractivity contribution in [3.63, 3.8) is 0 Å². The molecule has 0 amide bonds. The number of halogens is 3. The van der Waals surface area contributed by atoms with Crippen LogP contribution in [0.25, 0.3) is 0 Å². The molecule has 2 N–H and O–H groups in total. The zero-order chi connectivity index (χ0) is 13.9. The van der Waals surface area contributed by atoms with Crippen molar-refractivity contribution in [1.82, 2.24) is 0 Å². The molecular formula is C14H13F3N2. The topological polar surface area (TPSA) is 29.3 Å². The molecule has 0 aliphatic carbocycles. The Bertz CT molecular complexity index is 538. The second kappa shape index (κ2) is 5.32. The van der Waals surface area contributed by atoms with E-state index in [4.69, 9.17) is 5.84 Å². The van der Waals surface area contributed by atoms with Crippen LogP contribution in [0.1, 0.15) is 11.1 Å². The lowest BCUT2D eigenvalue weighted by molar-refractivity contribution is -0.137. The third-order valence-electron chi connectivity index (χ3n) is 2.70. The molecule has 2 aromatic rings. The summed E-state index contributed by atoms with van der Waals surface area (Å²) < 4.78 is 37.8. The number of benzene rings is 2. The third kappa shape index (κ3) is 3.48. The lowest BCUT2D eigenvalue weighted by Gasteiger charge is -2.20. The Morgan fingerprint density at radius 3 is 2.26 bits per heavy atom. The van der Waals surface area contributed by atoms with E-state index in [9.17, 15) is 13.2 Å². The largest absolute Gasteiger partial charge is 0.416 e. The number of hydrazine groups is 1. The number of rotatable bonds is 3. The van der Waals surface area contributed by atoms with Crippen molar-refractivity contribution < 1.29 is 13.2 Å². The smallest absolute Gasteiger partial charge is 0.307 e. The predicted molar refractivity (Wildman–Crippen MR) is 68.3 cm³/mol. The highest BCUT2D eigenvalue weighted by molar-refractivity contribution is 5.48. The van der Waals surface area contributed by atoms with E-state index in [0.29, 0.717) is 12.2 Å². The highest BCUT2D eigenvalue weighted by Gasteiger charge is 2.30. The van der Waals surface area contributed by atoms with Gasteiger partial charge < -0.3 is 5.01 Å². The summed E-state index contributed by atoms with van der Waals surface area (Å²) in [5, 5.41) is 1.30. The van der Waals surface area contributed by atoms with Gasteiger partial charge in [0.1, 0.15) is 0 Å². The SMILES string of the molecule is NN(Cc1ccccc1)c1cccc(C(F)(F)F)c1. The predicted octanol–water partition coefficient (Wildman–Crippen LogP) is 3.59. The van der Waals surface area contributed by atoms with E-state index >= 15 is 0 Å². The fourth-order valence-corrected chi connectivity index (χ4v) is 1.73. The minimum absolute atomic E-state index is 0.332. The van der Waals surface area contributed by atoms with Crippen molar-refractivity contribution in [2.24, 2.45) is 5.84 Å². The standard InChI is InChI=1S/C14H13F3N2/c15-14(16,17)12-7-4-8-13(9-12)19(18)10-11-5-2-1-3-6-11/h1-9H,10,18H2. The third-order valence-corrected chi connectivity index (χ3v) is 2.70. The van der Waals surface area contributed by atoms with Crippen LogP contribution < -0.4 is 10.9 Å². The molecule has 0 saturated heterocycles. The maximum atomic E-state index is 12.6. The molecule has 0 fully saturated rings. The molecule has 0 aliphatic rings. The number of anilines is 1. The van der Waals surface area contributed by atoms with Gasteiger partial charge in [-0.25, -0.2) is 5.84 Å². The molecule has 2 rings (SSSR count). The van der Waals surface area contributed by atoms with E-state index in [1.54, 1.807) is 6.07 Å². The van der Waals surface area contributed by atoms with E-state index in [2.05, 4.69) is 0 Å². The first-order valence-electron chi connectivity index (χ1n) is 5.70. The first-order chi connectivity index (χ1) is 8.97. The number of nitrogens with zero attached hydrogens (tertiary/aromatic N) is 1. The first-order valence-corrected chi connectivity index (χ1v) is 5.70. The zero-order valence-electron chi connectivity index (χ0n) is 10.1. The van der Waals surface area contributed by atoms with Gasteiger partial charge >= 0.3 is 6.18 Å². The summed E-state index contributed by atoms with van der Waals surface area (Å²) in [6.07, 6.45) is -4.36. The molecule has 2 nitrogen and oxygen atoms in total. The van der Waals surface area contributed by atoms with Gasteiger partial charge in [0.05, 0.1) is 17.8 Å². The zero-order valence-corrected chi connectivity index (χ0v) is 10.1. The van der Waals surface area contributed by atoms with Gasteiger partial charge in [0.15, 0.2) is 0 Å². The lowest BCUT2D eigenvalue weighted by Crippen LogP contribution is -2.30. The molecular weight excluding hydrogens is 253 g/mol. The van der Waals surface area contributed by atoms with Crippen LogP contribution in [0.3, 0.4) is 0 Å². The fourth-order valence-electron chi connectivity index (χ4n) is 1.73. The maximum absolute atomic E-state index is 12.6. The minimum atomic E-state index is -4.36. The maximum Gasteiger partial charge on any atom is 0.416 e. The summed E-state index contributed by atoms with van der Waals surface area (Å²) in [5.74, 6) is 5.81. The van der Waals surface area contributed by atoms with E-state index in [1.807, 2.05) is 30.3 Å². The average Bonchev–Trinajstić information content (AvgIpc) is 2.39.